The Labute approximate surface area is 122 Å². The quantitative estimate of drug-likeness (QED) is 0.597. The van der Waals surface area contributed by atoms with Crippen molar-refractivity contribution in [2.24, 2.45) is 17.6 Å². The highest BCUT2D eigenvalue weighted by Crippen LogP contribution is 2.21. The second-order valence-electron chi connectivity index (χ2n) is 5.41. The zero-order valence-corrected chi connectivity index (χ0v) is 12.1. The minimum atomic E-state index is -0.977. The van der Waals surface area contributed by atoms with Gasteiger partial charge in [0, 0.05) is 24.2 Å². The number of nitro groups is 1. The molecule has 0 saturated carbocycles. The van der Waals surface area contributed by atoms with Gasteiger partial charge < -0.3 is 11.1 Å². The summed E-state index contributed by atoms with van der Waals surface area (Å²) < 4.78 is 13.4. The van der Waals surface area contributed by atoms with Crippen LogP contribution in [-0.2, 0) is 4.79 Å². The van der Waals surface area contributed by atoms with Crippen LogP contribution in [0.2, 0.25) is 0 Å². The highest BCUT2D eigenvalue weighted by molar-refractivity contribution is 5.91. The first-order chi connectivity index (χ1) is 9.83. The Morgan fingerprint density at radius 1 is 1.48 bits per heavy atom. The number of rotatable bonds is 7. The molecule has 1 unspecified atom stereocenters. The molecule has 0 aliphatic carbocycles. The van der Waals surface area contributed by atoms with E-state index in [1.54, 1.807) is 0 Å². The SMILES string of the molecule is CC(C)CC(CN)CC(=O)Nc1ccc([N+](=O)[O-])c(F)c1. The van der Waals surface area contributed by atoms with Gasteiger partial charge in [0.15, 0.2) is 0 Å². The van der Waals surface area contributed by atoms with Crippen molar-refractivity contribution in [1.29, 1.82) is 0 Å². The number of amides is 1. The normalized spacial score (nSPS) is 12.2. The van der Waals surface area contributed by atoms with Gasteiger partial charge in [-0.25, -0.2) is 0 Å². The third-order valence-corrected chi connectivity index (χ3v) is 3.04. The molecule has 0 aliphatic rings. The number of hydrogen-bond acceptors (Lipinski definition) is 4. The number of carbonyl (C=O) groups is 1. The first kappa shape index (κ1) is 17.0. The van der Waals surface area contributed by atoms with Gasteiger partial charge >= 0.3 is 5.69 Å². The molecule has 7 heteroatoms. The number of nitrogens with two attached hydrogens (primary N) is 1. The molecule has 1 atom stereocenters. The van der Waals surface area contributed by atoms with E-state index in [4.69, 9.17) is 5.73 Å². The molecule has 116 valence electrons. The van der Waals surface area contributed by atoms with Crippen LogP contribution in [0.4, 0.5) is 15.8 Å². The number of halogens is 1. The largest absolute Gasteiger partial charge is 0.330 e. The highest BCUT2D eigenvalue weighted by Gasteiger charge is 2.17. The Hall–Kier alpha value is -2.02. The van der Waals surface area contributed by atoms with Gasteiger partial charge in [-0.1, -0.05) is 13.8 Å². The topological polar surface area (TPSA) is 98.3 Å². The summed E-state index contributed by atoms with van der Waals surface area (Å²) in [6, 6.07) is 3.27. The smallest absolute Gasteiger partial charge is 0.304 e. The maximum Gasteiger partial charge on any atom is 0.304 e. The number of carbonyl (C=O) groups excluding carboxylic acids is 1. The summed E-state index contributed by atoms with van der Waals surface area (Å²) in [5.41, 5.74) is 5.20. The molecule has 1 rings (SSSR count). The Morgan fingerprint density at radius 2 is 2.14 bits per heavy atom. The van der Waals surface area contributed by atoms with Crippen LogP contribution in [0.1, 0.15) is 26.7 Å². The molecule has 0 bridgehead atoms. The van der Waals surface area contributed by atoms with Crippen LogP contribution in [0.15, 0.2) is 18.2 Å². The fourth-order valence-electron chi connectivity index (χ4n) is 2.14. The molecular formula is C14H20FN3O3. The van der Waals surface area contributed by atoms with Crippen LogP contribution in [0.25, 0.3) is 0 Å². The highest BCUT2D eigenvalue weighted by atomic mass is 19.1. The molecule has 0 radical (unpaired) electrons. The van der Waals surface area contributed by atoms with Crippen LogP contribution in [-0.4, -0.2) is 17.4 Å². The van der Waals surface area contributed by atoms with Crippen molar-refractivity contribution in [3.63, 3.8) is 0 Å². The summed E-state index contributed by atoms with van der Waals surface area (Å²) in [7, 11) is 0. The fraction of sp³-hybridized carbons (Fsp3) is 0.500. The van der Waals surface area contributed by atoms with Gasteiger partial charge in [0.25, 0.3) is 0 Å². The Balaban J connectivity index is 2.66. The number of anilines is 1. The molecule has 0 saturated heterocycles. The summed E-state index contributed by atoms with van der Waals surface area (Å²) >= 11 is 0. The number of nitrogens with one attached hydrogen (secondary N) is 1. The first-order valence-electron chi connectivity index (χ1n) is 6.77. The second kappa shape index (κ2) is 7.68. The van der Waals surface area contributed by atoms with Crippen LogP contribution in [0.3, 0.4) is 0 Å². The third-order valence-electron chi connectivity index (χ3n) is 3.04. The van der Waals surface area contributed by atoms with Crippen molar-refractivity contribution in [1.82, 2.24) is 0 Å². The lowest BCUT2D eigenvalue weighted by atomic mass is 9.94. The molecule has 1 amide bonds. The lowest BCUT2D eigenvalue weighted by Crippen LogP contribution is -2.23. The first-order valence-corrected chi connectivity index (χ1v) is 6.77. The van der Waals surface area contributed by atoms with Gasteiger partial charge in [-0.2, -0.15) is 4.39 Å². The third kappa shape index (κ3) is 5.47. The minimum absolute atomic E-state index is 0.0629. The van der Waals surface area contributed by atoms with Crippen molar-refractivity contribution >= 4 is 17.3 Å². The number of nitrogens with zero attached hydrogens (tertiary/aromatic N) is 1. The molecule has 0 spiro atoms. The van der Waals surface area contributed by atoms with Gasteiger partial charge in [-0.3, -0.25) is 14.9 Å². The van der Waals surface area contributed by atoms with Gasteiger partial charge in [-0.05, 0) is 30.9 Å². The molecule has 0 heterocycles. The van der Waals surface area contributed by atoms with Crippen molar-refractivity contribution in [2.75, 3.05) is 11.9 Å². The predicted molar refractivity (Wildman–Crippen MR) is 78.3 cm³/mol. The van der Waals surface area contributed by atoms with E-state index in [0.29, 0.717) is 12.5 Å². The van der Waals surface area contributed by atoms with E-state index in [2.05, 4.69) is 5.32 Å². The number of nitro benzene ring substituents is 1. The Kier molecular flexibility index (Phi) is 6.23. The summed E-state index contributed by atoms with van der Waals surface area (Å²) in [5.74, 6) is -0.759. The van der Waals surface area contributed by atoms with Gasteiger partial charge in [0.1, 0.15) is 0 Å². The van der Waals surface area contributed by atoms with Gasteiger partial charge in [0.2, 0.25) is 11.7 Å². The van der Waals surface area contributed by atoms with Crippen LogP contribution in [0, 0.1) is 27.8 Å². The maximum atomic E-state index is 13.4. The van der Waals surface area contributed by atoms with Crippen molar-refractivity contribution in [2.45, 2.75) is 26.7 Å². The molecule has 6 nitrogen and oxygen atoms in total. The average Bonchev–Trinajstić information content (AvgIpc) is 2.36. The zero-order valence-electron chi connectivity index (χ0n) is 12.1. The molecule has 0 aromatic heterocycles. The Morgan fingerprint density at radius 3 is 2.62 bits per heavy atom. The molecule has 0 fully saturated rings. The lowest BCUT2D eigenvalue weighted by molar-refractivity contribution is -0.387. The molecule has 3 N–H and O–H groups in total. The van der Waals surface area contributed by atoms with Crippen molar-refractivity contribution < 1.29 is 14.1 Å². The summed E-state index contributed by atoms with van der Waals surface area (Å²) in [5, 5.41) is 13.0. The molecular weight excluding hydrogens is 277 g/mol. The summed E-state index contributed by atoms with van der Waals surface area (Å²) in [4.78, 5) is 21.6. The average molecular weight is 297 g/mol. The predicted octanol–water partition coefficient (Wildman–Crippen LogP) is 2.68. The van der Waals surface area contributed by atoms with Crippen molar-refractivity contribution in [3.8, 4) is 0 Å². The molecule has 21 heavy (non-hydrogen) atoms. The number of hydrogen-bond donors (Lipinski definition) is 2. The fourth-order valence-corrected chi connectivity index (χ4v) is 2.14. The van der Waals surface area contributed by atoms with Crippen LogP contribution in [0.5, 0.6) is 0 Å². The van der Waals surface area contributed by atoms with E-state index in [1.165, 1.54) is 6.07 Å². The van der Waals surface area contributed by atoms with E-state index in [0.717, 1.165) is 18.6 Å². The van der Waals surface area contributed by atoms with E-state index in [9.17, 15) is 19.3 Å². The Bertz CT molecular complexity index is 520. The van der Waals surface area contributed by atoms with E-state index in [1.807, 2.05) is 13.8 Å². The molecule has 0 aliphatic heterocycles. The second-order valence-corrected chi connectivity index (χ2v) is 5.41. The summed E-state index contributed by atoms with van der Waals surface area (Å²) in [6.07, 6.45) is 1.08. The standard InChI is InChI=1S/C14H20FN3O3/c1-9(2)5-10(8-16)6-14(19)17-11-3-4-13(18(20)21)12(15)7-11/h3-4,7,9-10H,5-6,8,16H2,1-2H3,(H,17,19). The van der Waals surface area contributed by atoms with E-state index in [-0.39, 0.29) is 23.9 Å². The van der Waals surface area contributed by atoms with Crippen LogP contribution >= 0.6 is 0 Å². The maximum absolute atomic E-state index is 13.4. The minimum Gasteiger partial charge on any atom is -0.330 e. The lowest BCUT2D eigenvalue weighted by Gasteiger charge is -2.16. The monoisotopic (exact) mass is 297 g/mol. The number of benzene rings is 1. The zero-order chi connectivity index (χ0) is 16.0. The van der Waals surface area contributed by atoms with Crippen LogP contribution < -0.4 is 11.1 Å². The van der Waals surface area contributed by atoms with Gasteiger partial charge in [0.05, 0.1) is 4.92 Å². The van der Waals surface area contributed by atoms with Gasteiger partial charge in [-0.15, -0.1) is 0 Å². The molecule has 1 aromatic carbocycles. The van der Waals surface area contributed by atoms with E-state index < -0.39 is 16.4 Å². The van der Waals surface area contributed by atoms with Crippen molar-refractivity contribution in [3.05, 3.63) is 34.1 Å². The molecule has 1 aromatic rings. The summed E-state index contributed by atoms with van der Waals surface area (Å²) in [6.45, 7) is 4.50. The van der Waals surface area contributed by atoms with E-state index >= 15 is 0 Å².